The molecule has 1 N–H and O–H groups in total. The Hall–Kier alpha value is -0.580. The van der Waals surface area contributed by atoms with Crippen molar-refractivity contribution in [1.29, 1.82) is 0 Å². The van der Waals surface area contributed by atoms with Gasteiger partial charge in [0.15, 0.2) is 0 Å². The molecule has 0 aliphatic carbocycles. The van der Waals surface area contributed by atoms with E-state index in [0.29, 0.717) is 23.8 Å². The SMILES string of the molecule is CCOCC(C)NC(=O)c1ccc(Br)c(Cl)c1. The van der Waals surface area contributed by atoms with Gasteiger partial charge in [-0.15, -0.1) is 0 Å². The van der Waals surface area contributed by atoms with E-state index in [-0.39, 0.29) is 11.9 Å². The molecule has 0 aliphatic heterocycles. The summed E-state index contributed by atoms with van der Waals surface area (Å²) >= 11 is 9.21. The van der Waals surface area contributed by atoms with Crippen LogP contribution in [0.25, 0.3) is 0 Å². The normalized spacial score (nSPS) is 12.2. The lowest BCUT2D eigenvalue weighted by molar-refractivity contribution is 0.0872. The first-order valence-corrected chi connectivity index (χ1v) is 6.55. The lowest BCUT2D eigenvalue weighted by Crippen LogP contribution is -2.35. The Bertz CT molecular complexity index is 398. The monoisotopic (exact) mass is 319 g/mol. The van der Waals surface area contributed by atoms with Gasteiger partial charge in [0.1, 0.15) is 0 Å². The molecular weight excluding hydrogens is 305 g/mol. The van der Waals surface area contributed by atoms with Gasteiger partial charge in [0.2, 0.25) is 0 Å². The molecule has 1 unspecified atom stereocenters. The molecule has 0 fully saturated rings. The third-order valence-corrected chi connectivity index (χ3v) is 3.36. The van der Waals surface area contributed by atoms with Gasteiger partial charge in [-0.05, 0) is 48.0 Å². The molecule has 1 atom stereocenters. The van der Waals surface area contributed by atoms with Crippen molar-refractivity contribution in [3.05, 3.63) is 33.3 Å². The number of carbonyl (C=O) groups is 1. The maximum atomic E-state index is 11.8. The molecule has 1 aromatic rings. The maximum Gasteiger partial charge on any atom is 0.251 e. The first kappa shape index (κ1) is 14.5. The van der Waals surface area contributed by atoms with Crippen LogP contribution in [0.5, 0.6) is 0 Å². The molecule has 0 spiro atoms. The lowest BCUT2D eigenvalue weighted by Gasteiger charge is -2.13. The van der Waals surface area contributed by atoms with Gasteiger partial charge in [0, 0.05) is 22.7 Å². The van der Waals surface area contributed by atoms with Crippen molar-refractivity contribution in [2.24, 2.45) is 0 Å². The molecule has 94 valence electrons. The average molecular weight is 321 g/mol. The van der Waals surface area contributed by atoms with Crippen molar-refractivity contribution in [3.8, 4) is 0 Å². The van der Waals surface area contributed by atoms with E-state index in [1.54, 1.807) is 18.2 Å². The second kappa shape index (κ2) is 6.99. The van der Waals surface area contributed by atoms with Crippen molar-refractivity contribution in [3.63, 3.8) is 0 Å². The van der Waals surface area contributed by atoms with Gasteiger partial charge >= 0.3 is 0 Å². The van der Waals surface area contributed by atoms with Gasteiger partial charge in [-0.2, -0.15) is 0 Å². The average Bonchev–Trinajstić information content (AvgIpc) is 2.30. The summed E-state index contributed by atoms with van der Waals surface area (Å²) in [4.78, 5) is 11.8. The maximum absolute atomic E-state index is 11.8. The van der Waals surface area contributed by atoms with E-state index in [1.807, 2.05) is 13.8 Å². The van der Waals surface area contributed by atoms with E-state index in [1.165, 1.54) is 0 Å². The molecule has 17 heavy (non-hydrogen) atoms. The minimum absolute atomic E-state index is 0.0233. The summed E-state index contributed by atoms with van der Waals surface area (Å²) in [5, 5.41) is 3.36. The van der Waals surface area contributed by atoms with Crippen LogP contribution in [-0.2, 0) is 4.74 Å². The van der Waals surface area contributed by atoms with Gasteiger partial charge in [-0.1, -0.05) is 11.6 Å². The van der Waals surface area contributed by atoms with Crippen LogP contribution in [0.1, 0.15) is 24.2 Å². The molecule has 1 aromatic carbocycles. The largest absolute Gasteiger partial charge is 0.380 e. The fourth-order valence-corrected chi connectivity index (χ4v) is 1.71. The van der Waals surface area contributed by atoms with Gasteiger partial charge in [-0.25, -0.2) is 0 Å². The fraction of sp³-hybridized carbons (Fsp3) is 0.417. The van der Waals surface area contributed by atoms with Crippen molar-refractivity contribution >= 4 is 33.4 Å². The minimum Gasteiger partial charge on any atom is -0.380 e. The third-order valence-electron chi connectivity index (χ3n) is 2.13. The molecule has 5 heteroatoms. The van der Waals surface area contributed by atoms with Crippen LogP contribution in [0.3, 0.4) is 0 Å². The molecule has 3 nitrogen and oxygen atoms in total. The molecule has 1 rings (SSSR count). The van der Waals surface area contributed by atoms with Crippen LogP contribution in [0, 0.1) is 0 Å². The molecule has 0 bridgehead atoms. The van der Waals surface area contributed by atoms with Crippen LogP contribution >= 0.6 is 27.5 Å². The molecular formula is C12H15BrClNO2. The predicted molar refractivity (Wildman–Crippen MR) is 72.6 cm³/mol. The highest BCUT2D eigenvalue weighted by Gasteiger charge is 2.10. The number of benzene rings is 1. The number of nitrogens with one attached hydrogen (secondary N) is 1. The predicted octanol–water partition coefficient (Wildman–Crippen LogP) is 3.26. The summed E-state index contributed by atoms with van der Waals surface area (Å²) in [7, 11) is 0. The van der Waals surface area contributed by atoms with Crippen molar-refractivity contribution < 1.29 is 9.53 Å². The number of ether oxygens (including phenoxy) is 1. The molecule has 0 radical (unpaired) electrons. The Kier molecular flexibility index (Phi) is 5.95. The van der Waals surface area contributed by atoms with Gasteiger partial charge in [-0.3, -0.25) is 4.79 Å². The summed E-state index contributed by atoms with van der Waals surface area (Å²) in [5.74, 6) is -0.147. The molecule has 1 amide bonds. The van der Waals surface area contributed by atoms with E-state index in [9.17, 15) is 4.79 Å². The summed E-state index contributed by atoms with van der Waals surface area (Å²) in [5.41, 5.74) is 0.543. The van der Waals surface area contributed by atoms with Crippen molar-refractivity contribution in [2.45, 2.75) is 19.9 Å². The Labute approximate surface area is 115 Å². The van der Waals surface area contributed by atoms with Crippen LogP contribution < -0.4 is 5.32 Å². The van der Waals surface area contributed by atoms with E-state index in [0.717, 1.165) is 4.47 Å². The van der Waals surface area contributed by atoms with Crippen LogP contribution in [-0.4, -0.2) is 25.2 Å². The smallest absolute Gasteiger partial charge is 0.251 e. The Morgan fingerprint density at radius 2 is 2.29 bits per heavy atom. The first-order valence-electron chi connectivity index (χ1n) is 5.38. The number of amides is 1. The zero-order valence-corrected chi connectivity index (χ0v) is 12.1. The van der Waals surface area contributed by atoms with E-state index in [2.05, 4.69) is 21.2 Å². The van der Waals surface area contributed by atoms with Gasteiger partial charge in [0.05, 0.1) is 11.6 Å². The van der Waals surface area contributed by atoms with E-state index in [4.69, 9.17) is 16.3 Å². The number of hydrogen-bond acceptors (Lipinski definition) is 2. The van der Waals surface area contributed by atoms with E-state index >= 15 is 0 Å². The summed E-state index contributed by atoms with van der Waals surface area (Å²) in [6.07, 6.45) is 0. The molecule has 0 saturated heterocycles. The van der Waals surface area contributed by atoms with Crippen LogP contribution in [0.15, 0.2) is 22.7 Å². The Morgan fingerprint density at radius 1 is 1.59 bits per heavy atom. The number of hydrogen-bond donors (Lipinski definition) is 1. The lowest BCUT2D eigenvalue weighted by atomic mass is 10.2. The molecule has 0 saturated carbocycles. The number of halogens is 2. The van der Waals surface area contributed by atoms with E-state index < -0.39 is 0 Å². The standard InChI is InChI=1S/C12H15BrClNO2/c1-3-17-7-8(2)15-12(16)9-4-5-10(13)11(14)6-9/h4-6,8H,3,7H2,1-2H3,(H,15,16). The molecule has 0 heterocycles. The zero-order valence-electron chi connectivity index (χ0n) is 9.80. The highest BCUT2D eigenvalue weighted by atomic mass is 79.9. The van der Waals surface area contributed by atoms with Crippen LogP contribution in [0.2, 0.25) is 5.02 Å². The van der Waals surface area contributed by atoms with Crippen molar-refractivity contribution in [1.82, 2.24) is 5.32 Å². The highest BCUT2D eigenvalue weighted by Crippen LogP contribution is 2.23. The summed E-state index contributed by atoms with van der Waals surface area (Å²) in [6, 6.07) is 5.09. The summed E-state index contributed by atoms with van der Waals surface area (Å²) in [6.45, 7) is 4.97. The topological polar surface area (TPSA) is 38.3 Å². The number of rotatable bonds is 5. The highest BCUT2D eigenvalue weighted by molar-refractivity contribution is 9.10. The Morgan fingerprint density at radius 3 is 2.88 bits per heavy atom. The minimum atomic E-state index is -0.147. The second-order valence-electron chi connectivity index (χ2n) is 3.66. The number of carbonyl (C=O) groups excluding carboxylic acids is 1. The van der Waals surface area contributed by atoms with Gasteiger partial charge in [0.25, 0.3) is 5.91 Å². The first-order chi connectivity index (χ1) is 8.04. The summed E-state index contributed by atoms with van der Waals surface area (Å²) < 4.78 is 6.00. The zero-order chi connectivity index (χ0) is 12.8. The Balaban J connectivity index is 2.60. The quantitative estimate of drug-likeness (QED) is 0.904. The fourth-order valence-electron chi connectivity index (χ4n) is 1.28. The second-order valence-corrected chi connectivity index (χ2v) is 4.92. The molecule has 0 aliphatic rings. The third kappa shape index (κ3) is 4.66. The van der Waals surface area contributed by atoms with Crippen LogP contribution in [0.4, 0.5) is 0 Å². The van der Waals surface area contributed by atoms with Crippen molar-refractivity contribution in [2.75, 3.05) is 13.2 Å². The molecule has 0 aromatic heterocycles. The van der Waals surface area contributed by atoms with Gasteiger partial charge < -0.3 is 10.1 Å².